The minimum Gasteiger partial charge on any atom is -0.457 e. The standard InChI is InChI=1S/C72H45NO2/c1-2-17-46(18-3-1)47-33-35-48(36-34-47)49-37-39-52(40-38-49)73(65-28-16-27-62-70(65)55-21-6-7-22-57(55)71(62)58-23-8-12-29-66(58)74-67-30-13-9-24-59(67)71)53-41-42-54-56-43-50-19-4-5-20-51(50)44-63(56)72(64(54)45-53)60-25-10-14-31-68(60)75-69-32-15-11-26-61(69)72/h1-45H. The molecule has 0 radical (unpaired) electrons. The van der Waals surface area contributed by atoms with E-state index in [1.807, 2.05) is 0 Å². The van der Waals surface area contributed by atoms with Crippen molar-refractivity contribution < 1.29 is 9.47 Å². The van der Waals surface area contributed by atoms with Gasteiger partial charge >= 0.3 is 0 Å². The van der Waals surface area contributed by atoms with E-state index < -0.39 is 10.8 Å². The summed E-state index contributed by atoms with van der Waals surface area (Å²) in [4.78, 5) is 2.51. The van der Waals surface area contributed by atoms with Crippen LogP contribution in [0.1, 0.15) is 44.5 Å². The van der Waals surface area contributed by atoms with Gasteiger partial charge in [-0.25, -0.2) is 0 Å². The van der Waals surface area contributed by atoms with Gasteiger partial charge in [0.2, 0.25) is 0 Å². The lowest BCUT2D eigenvalue weighted by Gasteiger charge is -2.40. The van der Waals surface area contributed by atoms with Crippen LogP contribution in [0.15, 0.2) is 273 Å². The van der Waals surface area contributed by atoms with Crippen LogP contribution in [-0.2, 0) is 10.8 Å². The molecule has 0 saturated heterocycles. The molecule has 75 heavy (non-hydrogen) atoms. The SMILES string of the molecule is c1ccc(-c2ccc(-c3ccc(N(c4ccc5c(c4)C4(c6ccccc6Oc6ccccc64)c4cc6ccccc6cc4-5)c4cccc5c4-c4ccccc4C54c5ccccc5Oc5ccccc54)cc3)cc2)cc1. The van der Waals surface area contributed by atoms with Gasteiger partial charge in [-0.2, -0.15) is 0 Å². The van der Waals surface area contributed by atoms with Crippen molar-refractivity contribution in [2.24, 2.45) is 0 Å². The normalized spacial score (nSPS) is 14.0. The number of rotatable bonds is 5. The molecule has 0 unspecified atom stereocenters. The first-order valence-corrected chi connectivity index (χ1v) is 25.9. The molecule has 0 bridgehead atoms. The molecule has 0 amide bonds. The van der Waals surface area contributed by atoms with Gasteiger partial charge in [0, 0.05) is 39.2 Å². The summed E-state index contributed by atoms with van der Waals surface area (Å²) in [5.74, 6) is 3.50. The zero-order valence-corrected chi connectivity index (χ0v) is 40.7. The molecular weight excluding hydrogens is 911 g/mol. The quantitative estimate of drug-likeness (QED) is 0.172. The third-order valence-corrected chi connectivity index (χ3v) is 16.6. The van der Waals surface area contributed by atoms with E-state index in [9.17, 15) is 0 Å². The van der Waals surface area contributed by atoms with Crippen molar-refractivity contribution in [2.45, 2.75) is 10.8 Å². The third kappa shape index (κ3) is 5.81. The molecule has 0 fully saturated rings. The fourth-order valence-electron chi connectivity index (χ4n) is 13.5. The minimum absolute atomic E-state index is 0.629. The third-order valence-electron chi connectivity index (χ3n) is 16.6. The number of nitrogens with zero attached hydrogens (tertiary/aromatic N) is 1. The topological polar surface area (TPSA) is 21.7 Å². The molecule has 0 N–H and O–H groups in total. The highest BCUT2D eigenvalue weighted by Gasteiger charge is 2.53. The monoisotopic (exact) mass is 955 g/mol. The second-order valence-electron chi connectivity index (χ2n) is 20.2. The van der Waals surface area contributed by atoms with E-state index in [1.165, 1.54) is 72.0 Å². The number of benzene rings is 12. The van der Waals surface area contributed by atoms with Crippen molar-refractivity contribution in [1.82, 2.24) is 0 Å². The van der Waals surface area contributed by atoms with Gasteiger partial charge in [-0.1, -0.05) is 206 Å². The van der Waals surface area contributed by atoms with E-state index in [2.05, 4.69) is 278 Å². The van der Waals surface area contributed by atoms with E-state index in [0.717, 1.165) is 67.9 Å². The van der Waals surface area contributed by atoms with Gasteiger partial charge < -0.3 is 14.4 Å². The Morgan fingerprint density at radius 1 is 0.253 bits per heavy atom. The number of hydrogen-bond acceptors (Lipinski definition) is 3. The van der Waals surface area contributed by atoms with Crippen LogP contribution in [0.2, 0.25) is 0 Å². The van der Waals surface area contributed by atoms with E-state index in [-0.39, 0.29) is 0 Å². The first kappa shape index (κ1) is 41.9. The highest BCUT2D eigenvalue weighted by atomic mass is 16.5. The summed E-state index contributed by atoms with van der Waals surface area (Å²) in [7, 11) is 0. The number of para-hydroxylation sites is 4. The van der Waals surface area contributed by atoms with Crippen LogP contribution < -0.4 is 14.4 Å². The zero-order valence-electron chi connectivity index (χ0n) is 40.7. The maximum Gasteiger partial charge on any atom is 0.132 e. The van der Waals surface area contributed by atoms with E-state index in [4.69, 9.17) is 9.47 Å². The largest absolute Gasteiger partial charge is 0.457 e. The average Bonchev–Trinajstić information content (AvgIpc) is 3.93. The average molecular weight is 956 g/mol. The Morgan fingerprint density at radius 2 is 0.680 bits per heavy atom. The van der Waals surface area contributed by atoms with Crippen LogP contribution in [0.4, 0.5) is 17.1 Å². The number of hydrogen-bond donors (Lipinski definition) is 0. The fourth-order valence-corrected chi connectivity index (χ4v) is 13.5. The van der Waals surface area contributed by atoms with Crippen LogP contribution in [0.5, 0.6) is 23.0 Å². The van der Waals surface area contributed by atoms with Crippen molar-refractivity contribution in [3.05, 3.63) is 317 Å². The van der Waals surface area contributed by atoms with Crippen LogP contribution in [-0.4, -0.2) is 0 Å². The number of anilines is 3. The van der Waals surface area contributed by atoms with Crippen LogP contribution in [0.3, 0.4) is 0 Å². The summed E-state index contributed by atoms with van der Waals surface area (Å²) in [5, 5.41) is 2.43. The van der Waals surface area contributed by atoms with Crippen LogP contribution in [0, 0.1) is 0 Å². The van der Waals surface area contributed by atoms with Crippen LogP contribution in [0.25, 0.3) is 55.3 Å². The molecule has 16 rings (SSSR count). The molecule has 3 heteroatoms. The second kappa shape index (κ2) is 15.9. The summed E-state index contributed by atoms with van der Waals surface area (Å²) in [6.07, 6.45) is 0. The van der Waals surface area contributed by atoms with Crippen molar-refractivity contribution in [2.75, 3.05) is 4.90 Å². The maximum absolute atomic E-state index is 6.84. The Morgan fingerprint density at radius 3 is 1.27 bits per heavy atom. The molecule has 12 aromatic rings. The van der Waals surface area contributed by atoms with Crippen molar-refractivity contribution in [1.29, 1.82) is 0 Å². The maximum atomic E-state index is 6.84. The Bertz CT molecular complexity index is 4220. The van der Waals surface area contributed by atoms with Crippen LogP contribution >= 0.6 is 0 Å². The summed E-state index contributed by atoms with van der Waals surface area (Å²) in [6.45, 7) is 0. The second-order valence-corrected chi connectivity index (χ2v) is 20.2. The predicted molar refractivity (Wildman–Crippen MR) is 304 cm³/mol. The summed E-state index contributed by atoms with van der Waals surface area (Å²) < 4.78 is 13.6. The Hall–Kier alpha value is -9.70. The lowest BCUT2D eigenvalue weighted by Crippen LogP contribution is -2.32. The number of fused-ring (bicyclic) bond motifs is 19. The summed E-state index contributed by atoms with van der Waals surface area (Å²) in [6, 6.07) is 100. The molecule has 0 atom stereocenters. The molecule has 2 heterocycles. The van der Waals surface area contributed by atoms with Gasteiger partial charge in [0.1, 0.15) is 23.0 Å². The molecule has 12 aromatic carbocycles. The first-order valence-electron chi connectivity index (χ1n) is 25.9. The van der Waals surface area contributed by atoms with Gasteiger partial charge in [-0.3, -0.25) is 0 Å². The smallest absolute Gasteiger partial charge is 0.132 e. The Kier molecular flexibility index (Phi) is 8.88. The van der Waals surface area contributed by atoms with Gasteiger partial charge in [0.05, 0.1) is 16.5 Å². The fraction of sp³-hybridized carbons (Fsp3) is 0.0278. The summed E-state index contributed by atoms with van der Waals surface area (Å²) in [5.41, 5.74) is 21.0. The van der Waals surface area contributed by atoms with E-state index in [1.54, 1.807) is 0 Å². The zero-order chi connectivity index (χ0) is 49.2. The minimum atomic E-state index is -0.678. The lowest BCUT2D eigenvalue weighted by molar-refractivity contribution is 0.436. The molecule has 2 aliphatic heterocycles. The number of ether oxygens (including phenoxy) is 2. The molecular formula is C72H45NO2. The molecule has 350 valence electrons. The van der Waals surface area contributed by atoms with Crippen molar-refractivity contribution in [3.63, 3.8) is 0 Å². The van der Waals surface area contributed by atoms with Gasteiger partial charge in [-0.15, -0.1) is 0 Å². The van der Waals surface area contributed by atoms with Crippen molar-refractivity contribution in [3.8, 4) is 67.5 Å². The molecule has 2 aliphatic carbocycles. The molecule has 2 spiro atoms. The molecule has 0 saturated carbocycles. The summed E-state index contributed by atoms with van der Waals surface area (Å²) >= 11 is 0. The van der Waals surface area contributed by atoms with E-state index in [0.29, 0.717) is 0 Å². The highest BCUT2D eigenvalue weighted by molar-refractivity contribution is 6.01. The van der Waals surface area contributed by atoms with Gasteiger partial charge in [0.15, 0.2) is 0 Å². The van der Waals surface area contributed by atoms with Crippen molar-refractivity contribution >= 4 is 27.8 Å². The highest BCUT2D eigenvalue weighted by Crippen LogP contribution is 2.66. The Balaban J connectivity index is 0.961. The first-order chi connectivity index (χ1) is 37.2. The van der Waals surface area contributed by atoms with Gasteiger partial charge in [-0.05, 0) is 139 Å². The predicted octanol–water partition coefficient (Wildman–Crippen LogP) is 18.6. The molecule has 0 aromatic heterocycles. The molecule has 4 aliphatic rings. The lowest BCUT2D eigenvalue weighted by atomic mass is 9.66. The molecule has 3 nitrogen and oxygen atoms in total. The van der Waals surface area contributed by atoms with E-state index >= 15 is 0 Å². The van der Waals surface area contributed by atoms with Gasteiger partial charge in [0.25, 0.3) is 0 Å². The Labute approximate surface area is 435 Å².